The normalized spacial score (nSPS) is 12.0. The molecule has 0 aliphatic rings. The minimum Gasteiger partial charge on any atom is -0.378 e. The number of ether oxygens (including phenoxy) is 2. The van der Waals surface area contributed by atoms with Crippen LogP contribution in [-0.2, 0) is 16.0 Å². The molecule has 0 amide bonds. The Balaban J connectivity index is 1.92. The van der Waals surface area contributed by atoms with E-state index in [9.17, 15) is 0 Å². The molecule has 1 rings (SSSR count). The zero-order valence-electron chi connectivity index (χ0n) is 11.9. The number of nitrogens with one attached hydrogen (secondary N) is 1. The van der Waals surface area contributed by atoms with Crippen molar-refractivity contribution in [2.75, 3.05) is 26.4 Å². The first-order valence-electron chi connectivity index (χ1n) is 6.44. The van der Waals surface area contributed by atoms with Gasteiger partial charge in [0.1, 0.15) is 0 Å². The van der Waals surface area contributed by atoms with E-state index in [4.69, 9.17) is 9.47 Å². The van der Waals surface area contributed by atoms with Gasteiger partial charge in [-0.05, 0) is 44.7 Å². The number of hydrogen-bond acceptors (Lipinski definition) is 4. The van der Waals surface area contributed by atoms with E-state index in [-0.39, 0.29) is 5.60 Å². The van der Waals surface area contributed by atoms with Gasteiger partial charge in [-0.3, -0.25) is 0 Å². The fourth-order valence-corrected chi connectivity index (χ4v) is 2.32. The molecule has 0 saturated heterocycles. The molecule has 0 unspecified atom stereocenters. The molecule has 4 heteroatoms. The van der Waals surface area contributed by atoms with Crippen LogP contribution in [0.15, 0.2) is 11.4 Å². The Kier molecular flexibility index (Phi) is 6.86. The first-order valence-corrected chi connectivity index (χ1v) is 7.32. The van der Waals surface area contributed by atoms with Crippen molar-refractivity contribution >= 4 is 11.3 Å². The monoisotopic (exact) mass is 271 g/mol. The number of hydrogen-bond donors (Lipinski definition) is 1. The standard InChI is InChI=1S/C14H25NO2S/c1-12-5-10-18-13(12)11-15-6-7-16-8-9-17-14(2,3)4/h5,10,15H,6-9,11H2,1-4H3. The third-order valence-electron chi connectivity index (χ3n) is 2.44. The van der Waals surface area contributed by atoms with Crippen LogP contribution >= 0.6 is 11.3 Å². The van der Waals surface area contributed by atoms with Crippen LogP contribution in [0.4, 0.5) is 0 Å². The van der Waals surface area contributed by atoms with Gasteiger partial charge in [-0.15, -0.1) is 11.3 Å². The number of rotatable bonds is 8. The quantitative estimate of drug-likeness (QED) is 0.737. The van der Waals surface area contributed by atoms with Crippen LogP contribution < -0.4 is 5.32 Å². The molecule has 0 aliphatic heterocycles. The van der Waals surface area contributed by atoms with Crippen LogP contribution in [0.5, 0.6) is 0 Å². The molecule has 0 saturated carbocycles. The molecule has 18 heavy (non-hydrogen) atoms. The van der Waals surface area contributed by atoms with Crippen LogP contribution in [0.25, 0.3) is 0 Å². The van der Waals surface area contributed by atoms with Crippen molar-refractivity contribution in [3.8, 4) is 0 Å². The van der Waals surface area contributed by atoms with Gasteiger partial charge in [0.2, 0.25) is 0 Å². The topological polar surface area (TPSA) is 30.5 Å². The molecule has 0 aliphatic carbocycles. The molecule has 1 heterocycles. The van der Waals surface area contributed by atoms with Gasteiger partial charge in [0, 0.05) is 18.0 Å². The second kappa shape index (κ2) is 7.89. The Hall–Kier alpha value is -0.420. The van der Waals surface area contributed by atoms with Crippen LogP contribution in [0, 0.1) is 6.92 Å². The molecule has 0 bridgehead atoms. The molecule has 0 fully saturated rings. The van der Waals surface area contributed by atoms with Crippen LogP contribution in [0.2, 0.25) is 0 Å². The van der Waals surface area contributed by atoms with Crippen molar-refractivity contribution in [1.82, 2.24) is 5.32 Å². The first kappa shape index (κ1) is 15.6. The van der Waals surface area contributed by atoms with E-state index in [1.54, 1.807) is 11.3 Å². The molecule has 104 valence electrons. The highest BCUT2D eigenvalue weighted by atomic mass is 32.1. The summed E-state index contributed by atoms with van der Waals surface area (Å²) >= 11 is 1.80. The Morgan fingerprint density at radius 1 is 1.22 bits per heavy atom. The zero-order chi connectivity index (χ0) is 13.4. The first-order chi connectivity index (χ1) is 8.49. The summed E-state index contributed by atoms with van der Waals surface area (Å²) in [5, 5.41) is 5.51. The maximum Gasteiger partial charge on any atom is 0.0707 e. The van der Waals surface area contributed by atoms with Gasteiger partial charge >= 0.3 is 0 Å². The third-order valence-corrected chi connectivity index (χ3v) is 3.46. The average molecular weight is 271 g/mol. The lowest BCUT2D eigenvalue weighted by Crippen LogP contribution is -2.23. The van der Waals surface area contributed by atoms with E-state index in [0.29, 0.717) is 13.2 Å². The Morgan fingerprint density at radius 3 is 2.61 bits per heavy atom. The molecule has 0 aromatic carbocycles. The summed E-state index contributed by atoms with van der Waals surface area (Å²) in [7, 11) is 0. The van der Waals surface area contributed by atoms with Crippen molar-refractivity contribution < 1.29 is 9.47 Å². The molecule has 1 aromatic rings. The summed E-state index contributed by atoms with van der Waals surface area (Å²) in [4.78, 5) is 1.41. The van der Waals surface area contributed by atoms with Crippen LogP contribution in [0.1, 0.15) is 31.2 Å². The van der Waals surface area contributed by atoms with E-state index in [1.165, 1.54) is 10.4 Å². The van der Waals surface area contributed by atoms with Gasteiger partial charge in [-0.25, -0.2) is 0 Å². The minimum atomic E-state index is -0.0711. The maximum atomic E-state index is 5.57. The highest BCUT2D eigenvalue weighted by molar-refractivity contribution is 7.10. The van der Waals surface area contributed by atoms with Crippen molar-refractivity contribution in [2.24, 2.45) is 0 Å². The van der Waals surface area contributed by atoms with E-state index in [2.05, 4.69) is 44.5 Å². The van der Waals surface area contributed by atoms with Crippen molar-refractivity contribution in [3.05, 3.63) is 21.9 Å². The average Bonchev–Trinajstić information content (AvgIpc) is 2.67. The predicted molar refractivity (Wildman–Crippen MR) is 77.3 cm³/mol. The Labute approximate surface area is 114 Å². The van der Waals surface area contributed by atoms with Gasteiger partial charge in [0.05, 0.1) is 25.4 Å². The SMILES string of the molecule is Cc1ccsc1CNCCOCCOC(C)(C)C. The highest BCUT2D eigenvalue weighted by Crippen LogP contribution is 2.14. The second-order valence-corrected chi connectivity index (χ2v) is 6.28. The smallest absolute Gasteiger partial charge is 0.0707 e. The summed E-state index contributed by atoms with van der Waals surface area (Å²) in [6.45, 7) is 12.2. The molecule has 0 radical (unpaired) electrons. The van der Waals surface area contributed by atoms with E-state index < -0.39 is 0 Å². The summed E-state index contributed by atoms with van der Waals surface area (Å²) in [5.74, 6) is 0. The summed E-state index contributed by atoms with van der Waals surface area (Å²) in [5.41, 5.74) is 1.30. The molecule has 3 nitrogen and oxygen atoms in total. The Bertz CT molecular complexity index is 331. The molecule has 0 atom stereocenters. The van der Waals surface area contributed by atoms with Gasteiger partial charge in [0.25, 0.3) is 0 Å². The van der Waals surface area contributed by atoms with E-state index in [0.717, 1.165) is 19.7 Å². The van der Waals surface area contributed by atoms with Gasteiger partial charge in [0.15, 0.2) is 0 Å². The lowest BCUT2D eigenvalue weighted by molar-refractivity contribution is -0.0343. The summed E-state index contributed by atoms with van der Waals surface area (Å²) in [6.07, 6.45) is 0. The molecule has 0 spiro atoms. The largest absolute Gasteiger partial charge is 0.378 e. The lowest BCUT2D eigenvalue weighted by Gasteiger charge is -2.19. The van der Waals surface area contributed by atoms with Gasteiger partial charge in [-0.1, -0.05) is 0 Å². The van der Waals surface area contributed by atoms with Gasteiger partial charge in [-0.2, -0.15) is 0 Å². The van der Waals surface area contributed by atoms with Crippen LogP contribution in [0.3, 0.4) is 0 Å². The van der Waals surface area contributed by atoms with E-state index >= 15 is 0 Å². The second-order valence-electron chi connectivity index (χ2n) is 5.28. The minimum absolute atomic E-state index is 0.0711. The number of aryl methyl sites for hydroxylation is 1. The fraction of sp³-hybridized carbons (Fsp3) is 0.714. The Morgan fingerprint density at radius 2 is 2.00 bits per heavy atom. The van der Waals surface area contributed by atoms with Gasteiger partial charge < -0.3 is 14.8 Å². The zero-order valence-corrected chi connectivity index (χ0v) is 12.7. The maximum absolute atomic E-state index is 5.57. The molecule has 1 aromatic heterocycles. The van der Waals surface area contributed by atoms with Crippen molar-refractivity contribution in [1.29, 1.82) is 0 Å². The molecule has 1 N–H and O–H groups in total. The van der Waals surface area contributed by atoms with Crippen LogP contribution in [-0.4, -0.2) is 32.0 Å². The highest BCUT2D eigenvalue weighted by Gasteiger charge is 2.08. The molecular weight excluding hydrogens is 246 g/mol. The summed E-state index contributed by atoms with van der Waals surface area (Å²) < 4.78 is 11.1. The van der Waals surface area contributed by atoms with Crippen molar-refractivity contribution in [3.63, 3.8) is 0 Å². The predicted octanol–water partition coefficient (Wildman–Crippen LogP) is 2.98. The van der Waals surface area contributed by atoms with E-state index in [1.807, 2.05) is 0 Å². The molecular formula is C14H25NO2S. The lowest BCUT2D eigenvalue weighted by atomic mass is 10.2. The third kappa shape index (κ3) is 7.11. The number of thiophene rings is 1. The van der Waals surface area contributed by atoms with Crippen molar-refractivity contribution in [2.45, 2.75) is 39.8 Å². The fourth-order valence-electron chi connectivity index (χ4n) is 1.44. The summed E-state index contributed by atoms with van der Waals surface area (Å²) in [6, 6.07) is 2.15.